The Kier molecular flexibility index (Phi) is 4.44. The van der Waals surface area contributed by atoms with Gasteiger partial charge in [-0.2, -0.15) is 0 Å². The summed E-state index contributed by atoms with van der Waals surface area (Å²) in [5.41, 5.74) is 3.60. The van der Waals surface area contributed by atoms with Crippen LogP contribution in [-0.4, -0.2) is 21.3 Å². The quantitative estimate of drug-likeness (QED) is 0.747. The Morgan fingerprint density at radius 2 is 1.95 bits per heavy atom. The van der Waals surface area contributed by atoms with Crippen LogP contribution >= 0.6 is 0 Å². The average Bonchev–Trinajstić information content (AvgIpc) is 2.88. The summed E-state index contributed by atoms with van der Waals surface area (Å²) in [6.45, 7) is 4.26. The molecule has 0 atom stereocenters. The first-order chi connectivity index (χ1) is 9.30. The molecule has 0 bridgehead atoms. The van der Waals surface area contributed by atoms with Gasteiger partial charge in [0, 0.05) is 0 Å². The van der Waals surface area contributed by atoms with Crippen LogP contribution in [0.15, 0.2) is 24.3 Å². The van der Waals surface area contributed by atoms with Crippen molar-refractivity contribution in [3.8, 4) is 5.69 Å². The summed E-state index contributed by atoms with van der Waals surface area (Å²) in [6, 6.07) is 8.22. The van der Waals surface area contributed by atoms with Crippen molar-refractivity contribution in [2.45, 2.75) is 39.5 Å². The Balaban J connectivity index is 2.36. The second-order valence-corrected chi connectivity index (χ2v) is 4.57. The van der Waals surface area contributed by atoms with E-state index in [4.69, 9.17) is 0 Å². The standard InChI is InChI=1S/C15H19N3O/c1-3-5-6-15-14(11-19)16-17-18(15)13-9-7-12(4-2)8-10-13/h7-11H,3-6H2,1-2H3. The monoisotopic (exact) mass is 257 g/mol. The van der Waals surface area contributed by atoms with Gasteiger partial charge >= 0.3 is 0 Å². The van der Waals surface area contributed by atoms with Crippen molar-refractivity contribution in [2.75, 3.05) is 0 Å². The smallest absolute Gasteiger partial charge is 0.172 e. The van der Waals surface area contributed by atoms with Crippen molar-refractivity contribution >= 4 is 6.29 Å². The fraction of sp³-hybridized carbons (Fsp3) is 0.400. The molecule has 2 aromatic rings. The van der Waals surface area contributed by atoms with E-state index in [1.807, 2.05) is 12.1 Å². The molecule has 2 rings (SSSR count). The number of aldehydes is 1. The zero-order valence-corrected chi connectivity index (χ0v) is 11.5. The fourth-order valence-corrected chi connectivity index (χ4v) is 2.06. The predicted molar refractivity (Wildman–Crippen MR) is 74.7 cm³/mol. The Bertz CT molecular complexity index is 543. The molecule has 1 aromatic heterocycles. The van der Waals surface area contributed by atoms with Gasteiger partial charge in [0.2, 0.25) is 0 Å². The molecule has 0 spiro atoms. The average molecular weight is 257 g/mol. The Morgan fingerprint density at radius 3 is 2.53 bits per heavy atom. The topological polar surface area (TPSA) is 47.8 Å². The van der Waals surface area contributed by atoms with Crippen molar-refractivity contribution in [1.29, 1.82) is 0 Å². The van der Waals surface area contributed by atoms with Gasteiger partial charge in [0.25, 0.3) is 0 Å². The van der Waals surface area contributed by atoms with Crippen LogP contribution in [0, 0.1) is 0 Å². The third-order valence-corrected chi connectivity index (χ3v) is 3.26. The van der Waals surface area contributed by atoms with E-state index in [9.17, 15) is 4.79 Å². The van der Waals surface area contributed by atoms with E-state index in [0.29, 0.717) is 5.69 Å². The molecule has 0 aliphatic carbocycles. The predicted octanol–water partition coefficient (Wildman–Crippen LogP) is 2.98. The number of nitrogens with zero attached hydrogens (tertiary/aromatic N) is 3. The first-order valence-electron chi connectivity index (χ1n) is 6.79. The summed E-state index contributed by atoms with van der Waals surface area (Å²) < 4.78 is 1.78. The number of aromatic nitrogens is 3. The normalized spacial score (nSPS) is 10.6. The summed E-state index contributed by atoms with van der Waals surface area (Å²) in [4.78, 5) is 11.0. The van der Waals surface area contributed by atoms with Crippen molar-refractivity contribution < 1.29 is 4.79 Å². The Morgan fingerprint density at radius 1 is 1.21 bits per heavy atom. The van der Waals surface area contributed by atoms with Gasteiger partial charge in [0.1, 0.15) is 5.69 Å². The van der Waals surface area contributed by atoms with Crippen LogP contribution in [0.1, 0.15) is 48.4 Å². The van der Waals surface area contributed by atoms with E-state index in [0.717, 1.165) is 43.4 Å². The molecule has 0 aliphatic rings. The van der Waals surface area contributed by atoms with Crippen molar-refractivity contribution in [1.82, 2.24) is 15.0 Å². The van der Waals surface area contributed by atoms with Gasteiger partial charge in [-0.05, 0) is 37.0 Å². The van der Waals surface area contributed by atoms with Gasteiger partial charge < -0.3 is 0 Å². The minimum absolute atomic E-state index is 0.452. The van der Waals surface area contributed by atoms with Crippen molar-refractivity contribution in [3.63, 3.8) is 0 Å². The molecule has 1 heterocycles. The van der Waals surface area contributed by atoms with E-state index in [-0.39, 0.29) is 0 Å². The highest BCUT2D eigenvalue weighted by Crippen LogP contribution is 2.15. The van der Waals surface area contributed by atoms with E-state index in [1.165, 1.54) is 5.56 Å². The van der Waals surface area contributed by atoms with E-state index in [1.54, 1.807) is 4.68 Å². The molecule has 4 heteroatoms. The summed E-state index contributed by atoms with van der Waals surface area (Å²) in [6.07, 6.45) is 4.74. The van der Waals surface area contributed by atoms with Gasteiger partial charge in [0.05, 0.1) is 11.4 Å². The summed E-state index contributed by atoms with van der Waals surface area (Å²) in [5, 5.41) is 8.05. The van der Waals surface area contributed by atoms with Gasteiger partial charge in [0.15, 0.2) is 6.29 Å². The number of carbonyl (C=O) groups is 1. The number of rotatable bonds is 6. The number of hydrogen-bond donors (Lipinski definition) is 0. The first-order valence-corrected chi connectivity index (χ1v) is 6.79. The molecule has 19 heavy (non-hydrogen) atoms. The number of carbonyl (C=O) groups excluding carboxylic acids is 1. The van der Waals surface area contributed by atoms with Crippen LogP contribution in [-0.2, 0) is 12.8 Å². The van der Waals surface area contributed by atoms with Gasteiger partial charge in [-0.1, -0.05) is 37.6 Å². The SMILES string of the molecule is CCCCc1c(C=O)nnn1-c1ccc(CC)cc1. The Labute approximate surface area is 113 Å². The third kappa shape index (κ3) is 2.89. The number of unbranched alkanes of at least 4 members (excludes halogenated alkanes) is 1. The molecular weight excluding hydrogens is 238 g/mol. The van der Waals surface area contributed by atoms with Crippen LogP contribution in [0.3, 0.4) is 0 Å². The minimum atomic E-state index is 0.452. The largest absolute Gasteiger partial charge is 0.296 e. The molecule has 0 N–H and O–H groups in total. The van der Waals surface area contributed by atoms with Crippen molar-refractivity contribution in [3.05, 3.63) is 41.2 Å². The number of benzene rings is 1. The molecular formula is C15H19N3O. The highest BCUT2D eigenvalue weighted by molar-refractivity contribution is 5.73. The number of hydrogen-bond acceptors (Lipinski definition) is 3. The Hall–Kier alpha value is -1.97. The zero-order chi connectivity index (χ0) is 13.7. The second-order valence-electron chi connectivity index (χ2n) is 4.57. The van der Waals surface area contributed by atoms with Gasteiger partial charge in [-0.3, -0.25) is 4.79 Å². The van der Waals surface area contributed by atoms with Crippen LogP contribution in [0.4, 0.5) is 0 Å². The van der Waals surface area contributed by atoms with Gasteiger partial charge in [-0.15, -0.1) is 5.10 Å². The third-order valence-electron chi connectivity index (χ3n) is 3.26. The maximum Gasteiger partial charge on any atom is 0.172 e. The van der Waals surface area contributed by atoms with Gasteiger partial charge in [-0.25, -0.2) is 4.68 Å². The molecule has 0 saturated carbocycles. The van der Waals surface area contributed by atoms with E-state index >= 15 is 0 Å². The molecule has 0 amide bonds. The van der Waals surface area contributed by atoms with Crippen LogP contribution < -0.4 is 0 Å². The lowest BCUT2D eigenvalue weighted by Crippen LogP contribution is -2.04. The lowest BCUT2D eigenvalue weighted by Gasteiger charge is -2.07. The highest BCUT2D eigenvalue weighted by atomic mass is 16.1. The summed E-state index contributed by atoms with van der Waals surface area (Å²) in [5.74, 6) is 0. The molecule has 0 fully saturated rings. The fourth-order valence-electron chi connectivity index (χ4n) is 2.06. The minimum Gasteiger partial charge on any atom is -0.296 e. The maximum absolute atomic E-state index is 11.0. The molecule has 4 nitrogen and oxygen atoms in total. The maximum atomic E-state index is 11.0. The molecule has 0 unspecified atom stereocenters. The number of aryl methyl sites for hydroxylation is 1. The van der Waals surface area contributed by atoms with Crippen LogP contribution in [0.25, 0.3) is 5.69 Å². The zero-order valence-electron chi connectivity index (χ0n) is 11.5. The molecule has 0 radical (unpaired) electrons. The lowest BCUT2D eigenvalue weighted by molar-refractivity contribution is 0.111. The first kappa shape index (κ1) is 13.5. The van der Waals surface area contributed by atoms with E-state index < -0.39 is 0 Å². The second kappa shape index (κ2) is 6.27. The summed E-state index contributed by atoms with van der Waals surface area (Å²) in [7, 11) is 0. The highest BCUT2D eigenvalue weighted by Gasteiger charge is 2.12. The molecule has 0 saturated heterocycles. The molecule has 1 aromatic carbocycles. The van der Waals surface area contributed by atoms with Crippen LogP contribution in [0.5, 0.6) is 0 Å². The molecule has 0 aliphatic heterocycles. The van der Waals surface area contributed by atoms with Crippen molar-refractivity contribution in [2.24, 2.45) is 0 Å². The van der Waals surface area contributed by atoms with Crippen LogP contribution in [0.2, 0.25) is 0 Å². The molecule has 100 valence electrons. The summed E-state index contributed by atoms with van der Waals surface area (Å²) >= 11 is 0. The lowest BCUT2D eigenvalue weighted by atomic mass is 10.1. The van der Waals surface area contributed by atoms with E-state index in [2.05, 4.69) is 36.3 Å².